The van der Waals surface area contributed by atoms with Crippen LogP contribution in [0.4, 0.5) is 13.2 Å². The summed E-state index contributed by atoms with van der Waals surface area (Å²) in [7, 11) is 0. The van der Waals surface area contributed by atoms with Crippen LogP contribution < -0.4 is 10.2 Å². The van der Waals surface area contributed by atoms with E-state index in [0.717, 1.165) is 12.1 Å². The third kappa shape index (κ3) is 6.44. The van der Waals surface area contributed by atoms with Gasteiger partial charge in [0.25, 0.3) is 5.91 Å². The average Bonchev–Trinajstić information content (AvgIpc) is 2.64. The van der Waals surface area contributed by atoms with E-state index < -0.39 is 18.0 Å². The number of para-hydroxylation sites is 1. The molecular formula is C19H15F3N2O3. The van der Waals surface area contributed by atoms with Crippen LogP contribution in [0.1, 0.15) is 16.7 Å². The Bertz CT molecular complexity index is 873. The quantitative estimate of drug-likeness (QED) is 0.306. The third-order valence-corrected chi connectivity index (χ3v) is 3.32. The third-order valence-electron chi connectivity index (χ3n) is 3.32. The number of hydroxylamine groups is 1. The van der Waals surface area contributed by atoms with Gasteiger partial charge in [-0.05, 0) is 35.4 Å². The van der Waals surface area contributed by atoms with E-state index in [2.05, 4.69) is 4.74 Å². The van der Waals surface area contributed by atoms with Crippen molar-refractivity contribution < 1.29 is 27.9 Å². The van der Waals surface area contributed by atoms with Gasteiger partial charge in [-0.15, -0.1) is 13.2 Å². The Morgan fingerprint density at radius 3 is 2.11 bits per heavy atom. The normalized spacial score (nSPS) is 11.7. The van der Waals surface area contributed by atoms with E-state index in [4.69, 9.17) is 10.6 Å². The van der Waals surface area contributed by atoms with Gasteiger partial charge < -0.3 is 10.1 Å². The highest BCUT2D eigenvalue weighted by Gasteiger charge is 2.32. The number of benzene rings is 2. The highest BCUT2D eigenvalue weighted by molar-refractivity contribution is 6.10. The molecule has 0 heterocycles. The van der Waals surface area contributed by atoms with Crippen LogP contribution in [0.3, 0.4) is 0 Å². The number of nitrogens with one attached hydrogen (secondary N) is 2. The lowest BCUT2D eigenvalue weighted by molar-refractivity contribution is -0.274. The van der Waals surface area contributed by atoms with E-state index in [1.807, 2.05) is 0 Å². The van der Waals surface area contributed by atoms with E-state index >= 15 is 0 Å². The first-order chi connectivity index (χ1) is 12.8. The van der Waals surface area contributed by atoms with Crippen LogP contribution >= 0.6 is 0 Å². The summed E-state index contributed by atoms with van der Waals surface area (Å²) in [4.78, 5) is 10.9. The van der Waals surface area contributed by atoms with Gasteiger partial charge in [0.15, 0.2) is 0 Å². The molecule has 0 aliphatic heterocycles. The molecule has 0 saturated heterocycles. The van der Waals surface area contributed by atoms with Crippen LogP contribution in [0, 0.1) is 5.41 Å². The Balaban J connectivity index is 2.11. The molecule has 0 saturated carbocycles. The Morgan fingerprint density at radius 2 is 1.56 bits per heavy atom. The predicted molar refractivity (Wildman–Crippen MR) is 94.4 cm³/mol. The molecule has 0 unspecified atom stereocenters. The molecule has 140 valence electrons. The van der Waals surface area contributed by atoms with Gasteiger partial charge in [0, 0.05) is 11.6 Å². The summed E-state index contributed by atoms with van der Waals surface area (Å²) in [5.41, 5.74) is 2.76. The number of allylic oxidation sites excluding steroid dienone is 1. The summed E-state index contributed by atoms with van der Waals surface area (Å²) < 4.78 is 41.3. The van der Waals surface area contributed by atoms with E-state index in [1.165, 1.54) is 35.8 Å². The van der Waals surface area contributed by atoms with Crippen LogP contribution in [0.5, 0.6) is 5.75 Å². The van der Waals surface area contributed by atoms with Crippen LogP contribution in [-0.2, 0) is 4.79 Å². The predicted octanol–water partition coefficient (Wildman–Crippen LogP) is 4.19. The SMILES string of the molecule is N=C(/C=C/c1ccc(/C=C/C(=O)NO)cc1)c1ccccc1OC(F)(F)F. The minimum Gasteiger partial charge on any atom is -0.405 e. The maximum atomic E-state index is 12.5. The van der Waals surface area contributed by atoms with E-state index in [1.54, 1.807) is 30.3 Å². The van der Waals surface area contributed by atoms with Gasteiger partial charge in [-0.3, -0.25) is 10.0 Å². The number of rotatable bonds is 6. The molecule has 5 nitrogen and oxygen atoms in total. The molecule has 2 aromatic rings. The van der Waals surface area contributed by atoms with Crippen molar-refractivity contribution in [1.29, 1.82) is 5.41 Å². The molecule has 8 heteroatoms. The summed E-state index contributed by atoms with van der Waals surface area (Å²) in [6.07, 6.45) is 0.740. The monoisotopic (exact) mass is 376 g/mol. The maximum Gasteiger partial charge on any atom is 0.573 e. The molecule has 0 aromatic heterocycles. The lowest BCUT2D eigenvalue weighted by atomic mass is 10.1. The van der Waals surface area contributed by atoms with Crippen molar-refractivity contribution in [3.63, 3.8) is 0 Å². The highest BCUT2D eigenvalue weighted by atomic mass is 19.4. The van der Waals surface area contributed by atoms with E-state index in [9.17, 15) is 18.0 Å². The van der Waals surface area contributed by atoms with Crippen LogP contribution in [-0.4, -0.2) is 23.2 Å². The number of hydrogen-bond donors (Lipinski definition) is 3. The standard InChI is InChI=1S/C19H15F3N2O3/c20-19(21,22)27-17-4-2-1-3-15(17)16(23)11-9-13-5-7-14(8-6-13)10-12-18(25)24-26/h1-12,23,26H,(H,24,25)/b11-9+,12-10+,23-16?. The van der Waals surface area contributed by atoms with E-state index in [-0.39, 0.29) is 11.3 Å². The first kappa shape index (κ1) is 19.9. The minimum absolute atomic E-state index is 0.0145. The summed E-state index contributed by atoms with van der Waals surface area (Å²) in [5.74, 6) is -1.10. The molecule has 1 amide bonds. The van der Waals surface area contributed by atoms with Crippen LogP contribution in [0.15, 0.2) is 60.7 Å². The van der Waals surface area contributed by atoms with Crippen molar-refractivity contribution in [2.24, 2.45) is 0 Å². The van der Waals surface area contributed by atoms with Crippen molar-refractivity contribution in [2.45, 2.75) is 6.36 Å². The van der Waals surface area contributed by atoms with Gasteiger partial charge >= 0.3 is 6.36 Å². The van der Waals surface area contributed by atoms with Gasteiger partial charge in [-0.2, -0.15) is 0 Å². The van der Waals surface area contributed by atoms with Crippen molar-refractivity contribution in [3.05, 3.63) is 77.4 Å². The molecule has 0 aliphatic rings. The molecule has 0 aliphatic carbocycles. The van der Waals surface area contributed by atoms with Gasteiger partial charge in [-0.1, -0.05) is 42.5 Å². The van der Waals surface area contributed by atoms with Gasteiger partial charge in [0.05, 0.1) is 5.71 Å². The largest absolute Gasteiger partial charge is 0.573 e. The number of hydrogen-bond acceptors (Lipinski definition) is 4. The second kappa shape index (κ2) is 8.81. The first-order valence-electron chi connectivity index (χ1n) is 7.62. The molecule has 3 N–H and O–H groups in total. The summed E-state index contributed by atoms with van der Waals surface area (Å²) >= 11 is 0. The molecule has 0 atom stereocenters. The summed E-state index contributed by atoms with van der Waals surface area (Å²) in [6, 6.07) is 12.2. The maximum absolute atomic E-state index is 12.5. The van der Waals surface area contributed by atoms with Crippen molar-refractivity contribution in [2.75, 3.05) is 0 Å². The second-order valence-electron chi connectivity index (χ2n) is 5.27. The molecule has 0 fully saturated rings. The van der Waals surface area contributed by atoms with Crippen LogP contribution in [0.2, 0.25) is 0 Å². The molecule has 2 aromatic carbocycles. The Kier molecular flexibility index (Phi) is 6.51. The molecule has 27 heavy (non-hydrogen) atoms. The number of amides is 1. The topological polar surface area (TPSA) is 82.4 Å². The number of carbonyl (C=O) groups excluding carboxylic acids is 1. The number of ether oxygens (including phenoxy) is 1. The Labute approximate surface area is 152 Å². The second-order valence-corrected chi connectivity index (χ2v) is 5.27. The fraction of sp³-hybridized carbons (Fsp3) is 0.0526. The van der Waals surface area contributed by atoms with E-state index in [0.29, 0.717) is 11.1 Å². The fourth-order valence-electron chi connectivity index (χ4n) is 2.10. The first-order valence-corrected chi connectivity index (χ1v) is 7.62. The lowest BCUT2D eigenvalue weighted by Gasteiger charge is -2.12. The zero-order chi connectivity index (χ0) is 19.9. The minimum atomic E-state index is -4.84. The molecule has 0 bridgehead atoms. The number of carbonyl (C=O) groups is 1. The summed E-state index contributed by atoms with van der Waals surface area (Å²) in [6.45, 7) is 0. The molecule has 2 rings (SSSR count). The fourth-order valence-corrected chi connectivity index (χ4v) is 2.10. The zero-order valence-electron chi connectivity index (χ0n) is 13.8. The van der Waals surface area contributed by atoms with Crippen molar-refractivity contribution >= 4 is 23.8 Å². The van der Waals surface area contributed by atoms with Gasteiger partial charge in [0.2, 0.25) is 0 Å². The molecule has 0 radical (unpaired) electrons. The zero-order valence-corrected chi connectivity index (χ0v) is 13.8. The molecule has 0 spiro atoms. The average molecular weight is 376 g/mol. The van der Waals surface area contributed by atoms with Gasteiger partial charge in [-0.25, -0.2) is 5.48 Å². The Morgan fingerprint density at radius 1 is 1.00 bits per heavy atom. The van der Waals surface area contributed by atoms with Crippen molar-refractivity contribution in [3.8, 4) is 5.75 Å². The number of halogens is 3. The highest BCUT2D eigenvalue weighted by Crippen LogP contribution is 2.26. The smallest absolute Gasteiger partial charge is 0.405 e. The number of alkyl halides is 3. The van der Waals surface area contributed by atoms with Crippen LogP contribution in [0.25, 0.3) is 12.2 Å². The molecular weight excluding hydrogens is 361 g/mol. The van der Waals surface area contributed by atoms with Crippen molar-refractivity contribution in [1.82, 2.24) is 5.48 Å². The Hall–Kier alpha value is -3.39. The summed E-state index contributed by atoms with van der Waals surface area (Å²) in [5, 5.41) is 16.4. The lowest BCUT2D eigenvalue weighted by Crippen LogP contribution is -2.18. The van der Waals surface area contributed by atoms with Gasteiger partial charge in [0.1, 0.15) is 5.75 Å².